The van der Waals surface area contributed by atoms with Gasteiger partial charge < -0.3 is 16.4 Å². The summed E-state index contributed by atoms with van der Waals surface area (Å²) in [6.07, 6.45) is 2.31. The highest BCUT2D eigenvalue weighted by Gasteiger charge is 2.19. The van der Waals surface area contributed by atoms with E-state index < -0.39 is 4.92 Å². The summed E-state index contributed by atoms with van der Waals surface area (Å²) in [6.45, 7) is 2.76. The van der Waals surface area contributed by atoms with E-state index in [1.807, 2.05) is 19.1 Å². The van der Waals surface area contributed by atoms with Crippen LogP contribution in [0.3, 0.4) is 0 Å². The summed E-state index contributed by atoms with van der Waals surface area (Å²) < 4.78 is 0. The molecule has 0 spiro atoms. The largest absolute Gasteiger partial charge is 0.371 e. The van der Waals surface area contributed by atoms with E-state index in [0.717, 1.165) is 5.69 Å². The number of nitro groups is 1. The van der Waals surface area contributed by atoms with Gasteiger partial charge >= 0.3 is 0 Å². The number of nitro benzene ring substituents is 1. The summed E-state index contributed by atoms with van der Waals surface area (Å²) in [6, 6.07) is 9.63. The second-order valence-corrected chi connectivity index (χ2v) is 5.51. The first kappa shape index (κ1) is 18.3. The maximum absolute atomic E-state index is 12.0. The predicted octanol–water partition coefficient (Wildman–Crippen LogP) is 2.24. The Hall–Kier alpha value is -3.00. The Morgan fingerprint density at radius 2 is 2.16 bits per heavy atom. The second-order valence-electron chi connectivity index (χ2n) is 5.51. The van der Waals surface area contributed by atoms with Gasteiger partial charge in [-0.1, -0.05) is 6.07 Å². The molecule has 25 heavy (non-hydrogen) atoms. The SMILES string of the molecule is CC(Nc1ccc(C(=O)NCCCN)cc1[N+](=O)[O-])c1ccccn1. The number of benzene rings is 1. The minimum atomic E-state index is -0.510. The predicted molar refractivity (Wildman–Crippen MR) is 95.4 cm³/mol. The third kappa shape index (κ3) is 4.98. The highest BCUT2D eigenvalue weighted by Crippen LogP contribution is 2.28. The molecule has 1 unspecified atom stereocenters. The van der Waals surface area contributed by atoms with Gasteiger partial charge in [-0.2, -0.15) is 0 Å². The van der Waals surface area contributed by atoms with E-state index >= 15 is 0 Å². The van der Waals surface area contributed by atoms with Gasteiger partial charge in [-0.3, -0.25) is 19.9 Å². The fourth-order valence-electron chi connectivity index (χ4n) is 2.29. The van der Waals surface area contributed by atoms with Crippen LogP contribution in [0, 0.1) is 10.1 Å². The molecule has 4 N–H and O–H groups in total. The molecule has 0 aliphatic carbocycles. The van der Waals surface area contributed by atoms with E-state index in [4.69, 9.17) is 5.73 Å². The van der Waals surface area contributed by atoms with E-state index in [1.165, 1.54) is 12.1 Å². The molecule has 1 atom stereocenters. The van der Waals surface area contributed by atoms with Gasteiger partial charge in [-0.05, 0) is 44.2 Å². The van der Waals surface area contributed by atoms with Crippen molar-refractivity contribution in [2.75, 3.05) is 18.4 Å². The number of nitrogens with zero attached hydrogens (tertiary/aromatic N) is 2. The van der Waals surface area contributed by atoms with Crippen molar-refractivity contribution in [1.29, 1.82) is 0 Å². The van der Waals surface area contributed by atoms with E-state index in [0.29, 0.717) is 25.2 Å². The number of nitrogens with two attached hydrogens (primary N) is 1. The maximum Gasteiger partial charge on any atom is 0.293 e. The van der Waals surface area contributed by atoms with E-state index in [9.17, 15) is 14.9 Å². The highest BCUT2D eigenvalue weighted by atomic mass is 16.6. The zero-order valence-corrected chi connectivity index (χ0v) is 13.9. The normalized spacial score (nSPS) is 11.6. The highest BCUT2D eigenvalue weighted by molar-refractivity contribution is 5.95. The number of nitrogens with one attached hydrogen (secondary N) is 2. The first-order valence-electron chi connectivity index (χ1n) is 7.97. The van der Waals surface area contributed by atoms with Crippen LogP contribution in [0.15, 0.2) is 42.6 Å². The van der Waals surface area contributed by atoms with Gasteiger partial charge in [0.2, 0.25) is 0 Å². The first-order chi connectivity index (χ1) is 12.0. The molecule has 1 amide bonds. The third-order valence-corrected chi connectivity index (χ3v) is 3.63. The minimum Gasteiger partial charge on any atom is -0.371 e. The van der Waals surface area contributed by atoms with Crippen molar-refractivity contribution in [3.05, 3.63) is 64.0 Å². The summed E-state index contributed by atoms with van der Waals surface area (Å²) in [4.78, 5) is 27.1. The van der Waals surface area contributed by atoms with E-state index in [2.05, 4.69) is 15.6 Å². The molecule has 1 aromatic heterocycles. The molecule has 0 aliphatic rings. The Balaban J connectivity index is 2.18. The topological polar surface area (TPSA) is 123 Å². The van der Waals surface area contributed by atoms with Crippen LogP contribution in [0.1, 0.15) is 35.4 Å². The summed E-state index contributed by atoms with van der Waals surface area (Å²) in [7, 11) is 0. The first-order valence-corrected chi connectivity index (χ1v) is 7.97. The maximum atomic E-state index is 12.0. The molecule has 132 valence electrons. The van der Waals surface area contributed by atoms with Gasteiger partial charge in [0.15, 0.2) is 0 Å². The standard InChI is InChI=1S/C17H21N5O3/c1-12(14-5-2-3-9-19-14)21-15-7-6-13(11-16(15)22(24)25)17(23)20-10-4-8-18/h2-3,5-7,9,11-12,21H,4,8,10,18H2,1H3,(H,20,23). The number of hydrogen-bond acceptors (Lipinski definition) is 6. The van der Waals surface area contributed by atoms with Crippen molar-refractivity contribution >= 4 is 17.3 Å². The lowest BCUT2D eigenvalue weighted by Crippen LogP contribution is -2.26. The molecule has 0 aliphatic heterocycles. The lowest BCUT2D eigenvalue weighted by molar-refractivity contribution is -0.384. The van der Waals surface area contributed by atoms with Crippen molar-refractivity contribution in [1.82, 2.24) is 10.3 Å². The average Bonchev–Trinajstić information content (AvgIpc) is 2.62. The van der Waals surface area contributed by atoms with Gasteiger partial charge in [0, 0.05) is 24.4 Å². The Kier molecular flexibility index (Phi) is 6.41. The molecule has 0 radical (unpaired) electrons. The van der Waals surface area contributed by atoms with Crippen LogP contribution in [0.4, 0.5) is 11.4 Å². The van der Waals surface area contributed by atoms with Crippen LogP contribution in [0.5, 0.6) is 0 Å². The summed E-state index contributed by atoms with van der Waals surface area (Å²) in [5, 5.41) is 17.1. The van der Waals surface area contributed by atoms with Crippen LogP contribution in [0.25, 0.3) is 0 Å². The summed E-state index contributed by atoms with van der Waals surface area (Å²) in [5.41, 5.74) is 6.55. The van der Waals surface area contributed by atoms with Crippen LogP contribution in [-0.4, -0.2) is 28.9 Å². The molecule has 0 saturated heterocycles. The smallest absolute Gasteiger partial charge is 0.293 e. The van der Waals surface area contributed by atoms with Crippen LogP contribution in [-0.2, 0) is 0 Å². The number of amides is 1. The molecule has 1 aromatic carbocycles. The van der Waals surface area contributed by atoms with Gasteiger partial charge in [0.1, 0.15) is 5.69 Å². The molecule has 0 bridgehead atoms. The van der Waals surface area contributed by atoms with Crippen molar-refractivity contribution in [3.8, 4) is 0 Å². The lowest BCUT2D eigenvalue weighted by Gasteiger charge is -2.15. The number of carbonyl (C=O) groups is 1. The lowest BCUT2D eigenvalue weighted by atomic mass is 10.1. The van der Waals surface area contributed by atoms with E-state index in [-0.39, 0.29) is 23.2 Å². The fraction of sp³-hybridized carbons (Fsp3) is 0.294. The van der Waals surface area contributed by atoms with Crippen molar-refractivity contribution < 1.29 is 9.72 Å². The molecule has 0 saturated carbocycles. The minimum absolute atomic E-state index is 0.158. The van der Waals surface area contributed by atoms with Crippen molar-refractivity contribution in [2.24, 2.45) is 5.73 Å². The van der Waals surface area contributed by atoms with Gasteiger partial charge in [-0.25, -0.2) is 0 Å². The Labute approximate surface area is 145 Å². The molecular weight excluding hydrogens is 322 g/mol. The Morgan fingerprint density at radius 1 is 1.36 bits per heavy atom. The average molecular weight is 343 g/mol. The second kappa shape index (κ2) is 8.74. The Morgan fingerprint density at radius 3 is 2.80 bits per heavy atom. The molecule has 8 nitrogen and oxygen atoms in total. The van der Waals surface area contributed by atoms with Crippen molar-refractivity contribution in [3.63, 3.8) is 0 Å². The van der Waals surface area contributed by atoms with E-state index in [1.54, 1.807) is 18.3 Å². The van der Waals surface area contributed by atoms with Gasteiger partial charge in [-0.15, -0.1) is 0 Å². The zero-order chi connectivity index (χ0) is 18.2. The van der Waals surface area contributed by atoms with Crippen molar-refractivity contribution in [2.45, 2.75) is 19.4 Å². The van der Waals surface area contributed by atoms with Crippen LogP contribution in [0.2, 0.25) is 0 Å². The molecule has 2 rings (SSSR count). The number of pyridine rings is 1. The van der Waals surface area contributed by atoms with Crippen LogP contribution < -0.4 is 16.4 Å². The molecule has 2 aromatic rings. The zero-order valence-electron chi connectivity index (χ0n) is 13.9. The van der Waals surface area contributed by atoms with Gasteiger partial charge in [0.05, 0.1) is 16.7 Å². The number of carbonyl (C=O) groups excluding carboxylic acids is 1. The summed E-state index contributed by atoms with van der Waals surface area (Å²) >= 11 is 0. The molecule has 1 heterocycles. The number of anilines is 1. The van der Waals surface area contributed by atoms with Gasteiger partial charge in [0.25, 0.3) is 11.6 Å². The third-order valence-electron chi connectivity index (χ3n) is 3.63. The molecule has 0 fully saturated rings. The monoisotopic (exact) mass is 343 g/mol. The number of rotatable bonds is 8. The number of hydrogen-bond donors (Lipinski definition) is 3. The Bertz CT molecular complexity index is 736. The summed E-state index contributed by atoms with van der Waals surface area (Å²) in [5.74, 6) is -0.360. The number of aromatic nitrogens is 1. The van der Waals surface area contributed by atoms with Crippen LogP contribution >= 0.6 is 0 Å². The quantitative estimate of drug-likeness (QED) is 0.384. The molecular formula is C17H21N5O3. The fourth-order valence-corrected chi connectivity index (χ4v) is 2.29. The molecule has 8 heteroatoms.